The summed E-state index contributed by atoms with van der Waals surface area (Å²) in [5.41, 5.74) is 4.57. The highest BCUT2D eigenvalue weighted by Gasteiger charge is 2.38. The van der Waals surface area contributed by atoms with E-state index in [2.05, 4.69) is 4.90 Å². The molecule has 1 aliphatic heterocycles. The highest BCUT2D eigenvalue weighted by Crippen LogP contribution is 2.28. The number of rotatable bonds is 3. The number of carbonyl (C=O) groups is 1. The van der Waals surface area contributed by atoms with E-state index in [-0.39, 0.29) is 5.91 Å². The van der Waals surface area contributed by atoms with Gasteiger partial charge in [0.1, 0.15) is 0 Å². The SMILES string of the molecule is C[C@@]1(C(N)=O)CN(CC2CCC2)CCO1. The van der Waals surface area contributed by atoms with Crippen LogP contribution in [0.1, 0.15) is 26.2 Å². The Bertz CT molecular complexity index is 253. The van der Waals surface area contributed by atoms with Gasteiger partial charge in [0.2, 0.25) is 0 Å². The maximum atomic E-state index is 11.3. The quantitative estimate of drug-likeness (QED) is 0.735. The number of hydrogen-bond acceptors (Lipinski definition) is 3. The van der Waals surface area contributed by atoms with Crippen LogP contribution in [0.5, 0.6) is 0 Å². The fraction of sp³-hybridized carbons (Fsp3) is 0.909. The summed E-state index contributed by atoms with van der Waals surface area (Å²) in [5, 5.41) is 0. The molecule has 2 rings (SSSR count). The summed E-state index contributed by atoms with van der Waals surface area (Å²) >= 11 is 0. The molecular weight excluding hydrogens is 192 g/mol. The minimum absolute atomic E-state index is 0.346. The molecule has 1 amide bonds. The molecule has 0 bridgehead atoms. The molecule has 2 N–H and O–H groups in total. The summed E-state index contributed by atoms with van der Waals surface area (Å²) in [6.45, 7) is 5.10. The molecule has 0 radical (unpaired) electrons. The molecule has 0 aromatic rings. The Hall–Kier alpha value is -0.610. The molecule has 1 saturated heterocycles. The van der Waals surface area contributed by atoms with Crippen molar-refractivity contribution in [3.05, 3.63) is 0 Å². The normalized spacial score (nSPS) is 33.7. The number of primary amides is 1. The zero-order valence-electron chi connectivity index (χ0n) is 9.37. The van der Waals surface area contributed by atoms with Crippen molar-refractivity contribution in [2.24, 2.45) is 11.7 Å². The van der Waals surface area contributed by atoms with Crippen LogP contribution in [-0.2, 0) is 9.53 Å². The fourth-order valence-electron chi connectivity index (χ4n) is 2.30. The van der Waals surface area contributed by atoms with Gasteiger partial charge in [-0.05, 0) is 25.7 Å². The number of nitrogens with two attached hydrogens (primary N) is 1. The van der Waals surface area contributed by atoms with Crippen molar-refractivity contribution in [3.8, 4) is 0 Å². The lowest BCUT2D eigenvalue weighted by atomic mass is 9.84. The van der Waals surface area contributed by atoms with E-state index >= 15 is 0 Å². The van der Waals surface area contributed by atoms with Gasteiger partial charge in [0.05, 0.1) is 6.61 Å². The van der Waals surface area contributed by atoms with Crippen LogP contribution in [0.3, 0.4) is 0 Å². The molecule has 1 saturated carbocycles. The van der Waals surface area contributed by atoms with Gasteiger partial charge in [-0.3, -0.25) is 9.69 Å². The smallest absolute Gasteiger partial charge is 0.250 e. The minimum atomic E-state index is -0.776. The van der Waals surface area contributed by atoms with Gasteiger partial charge >= 0.3 is 0 Å². The maximum Gasteiger partial charge on any atom is 0.250 e. The topological polar surface area (TPSA) is 55.6 Å². The summed E-state index contributed by atoms with van der Waals surface area (Å²) in [4.78, 5) is 13.6. The largest absolute Gasteiger partial charge is 0.367 e. The number of carbonyl (C=O) groups excluding carboxylic acids is 1. The summed E-state index contributed by atoms with van der Waals surface area (Å²) in [5.74, 6) is 0.487. The molecule has 0 aromatic heterocycles. The molecule has 0 aromatic carbocycles. The van der Waals surface area contributed by atoms with Crippen LogP contribution in [0.15, 0.2) is 0 Å². The molecule has 0 spiro atoms. The molecule has 1 atom stereocenters. The van der Waals surface area contributed by atoms with E-state index in [0.29, 0.717) is 13.2 Å². The summed E-state index contributed by atoms with van der Waals surface area (Å²) < 4.78 is 5.47. The number of ether oxygens (including phenoxy) is 1. The number of morpholine rings is 1. The lowest BCUT2D eigenvalue weighted by molar-refractivity contribution is -0.154. The Kier molecular flexibility index (Phi) is 2.98. The Morgan fingerprint density at radius 1 is 1.60 bits per heavy atom. The maximum absolute atomic E-state index is 11.3. The van der Waals surface area contributed by atoms with Gasteiger partial charge in [0.15, 0.2) is 5.60 Å². The van der Waals surface area contributed by atoms with E-state index in [1.54, 1.807) is 6.92 Å². The minimum Gasteiger partial charge on any atom is -0.367 e. The van der Waals surface area contributed by atoms with Crippen molar-refractivity contribution < 1.29 is 9.53 Å². The fourth-order valence-corrected chi connectivity index (χ4v) is 2.30. The van der Waals surface area contributed by atoms with Gasteiger partial charge in [-0.1, -0.05) is 6.42 Å². The van der Waals surface area contributed by atoms with E-state index in [4.69, 9.17) is 10.5 Å². The Balaban J connectivity index is 1.88. The van der Waals surface area contributed by atoms with Gasteiger partial charge < -0.3 is 10.5 Å². The van der Waals surface area contributed by atoms with Crippen molar-refractivity contribution in [2.75, 3.05) is 26.2 Å². The van der Waals surface area contributed by atoms with Crippen LogP contribution in [-0.4, -0.2) is 42.6 Å². The van der Waals surface area contributed by atoms with E-state index in [9.17, 15) is 4.79 Å². The van der Waals surface area contributed by atoms with Gasteiger partial charge in [-0.2, -0.15) is 0 Å². The van der Waals surface area contributed by atoms with Crippen LogP contribution in [0, 0.1) is 5.92 Å². The van der Waals surface area contributed by atoms with Crippen molar-refractivity contribution in [2.45, 2.75) is 31.8 Å². The summed E-state index contributed by atoms with van der Waals surface area (Å²) in [7, 11) is 0. The molecule has 1 heterocycles. The van der Waals surface area contributed by atoms with Gasteiger partial charge in [0.25, 0.3) is 5.91 Å². The molecule has 4 nitrogen and oxygen atoms in total. The van der Waals surface area contributed by atoms with Gasteiger partial charge in [0, 0.05) is 19.6 Å². The predicted molar refractivity (Wildman–Crippen MR) is 57.3 cm³/mol. The first-order valence-corrected chi connectivity index (χ1v) is 5.76. The Morgan fingerprint density at radius 3 is 2.87 bits per heavy atom. The molecule has 4 heteroatoms. The Morgan fingerprint density at radius 2 is 2.33 bits per heavy atom. The first kappa shape index (κ1) is 10.9. The summed E-state index contributed by atoms with van der Waals surface area (Å²) in [6.07, 6.45) is 4.04. The summed E-state index contributed by atoms with van der Waals surface area (Å²) in [6, 6.07) is 0. The lowest BCUT2D eigenvalue weighted by Crippen LogP contribution is -2.57. The second kappa shape index (κ2) is 4.10. The number of amides is 1. The third-order valence-electron chi connectivity index (χ3n) is 3.62. The van der Waals surface area contributed by atoms with Crippen molar-refractivity contribution >= 4 is 5.91 Å². The first-order valence-electron chi connectivity index (χ1n) is 5.76. The van der Waals surface area contributed by atoms with E-state index < -0.39 is 5.60 Å². The van der Waals surface area contributed by atoms with E-state index in [1.807, 2.05) is 0 Å². The molecular formula is C11H20N2O2. The number of hydrogen-bond donors (Lipinski definition) is 1. The van der Waals surface area contributed by atoms with E-state index in [0.717, 1.165) is 19.0 Å². The lowest BCUT2D eigenvalue weighted by Gasteiger charge is -2.41. The second-order valence-electron chi connectivity index (χ2n) is 4.98. The van der Waals surface area contributed by atoms with Crippen LogP contribution in [0.2, 0.25) is 0 Å². The average Bonchev–Trinajstić information content (AvgIpc) is 2.12. The highest BCUT2D eigenvalue weighted by atomic mass is 16.5. The molecule has 0 unspecified atom stereocenters. The molecule has 15 heavy (non-hydrogen) atoms. The zero-order valence-corrected chi connectivity index (χ0v) is 9.37. The third-order valence-corrected chi connectivity index (χ3v) is 3.62. The van der Waals surface area contributed by atoms with Gasteiger partial charge in [-0.25, -0.2) is 0 Å². The Labute approximate surface area is 90.8 Å². The highest BCUT2D eigenvalue weighted by molar-refractivity contribution is 5.83. The van der Waals surface area contributed by atoms with Crippen molar-refractivity contribution in [3.63, 3.8) is 0 Å². The molecule has 2 aliphatic rings. The van der Waals surface area contributed by atoms with Gasteiger partial charge in [-0.15, -0.1) is 0 Å². The van der Waals surface area contributed by atoms with Crippen LogP contribution >= 0.6 is 0 Å². The first-order chi connectivity index (χ1) is 7.10. The predicted octanol–water partition coefficient (Wildman–Crippen LogP) is 0.363. The molecule has 1 aliphatic carbocycles. The molecule has 86 valence electrons. The van der Waals surface area contributed by atoms with Crippen molar-refractivity contribution in [1.82, 2.24) is 4.90 Å². The standard InChI is InChI=1S/C11H20N2O2/c1-11(10(12)14)8-13(5-6-15-11)7-9-3-2-4-9/h9H,2-8H2,1H3,(H2,12,14)/t11-/m0/s1. The van der Waals surface area contributed by atoms with Crippen LogP contribution in [0.4, 0.5) is 0 Å². The van der Waals surface area contributed by atoms with E-state index in [1.165, 1.54) is 19.3 Å². The van der Waals surface area contributed by atoms with Crippen molar-refractivity contribution in [1.29, 1.82) is 0 Å². The van der Waals surface area contributed by atoms with Crippen LogP contribution < -0.4 is 5.73 Å². The third kappa shape index (κ3) is 2.32. The molecule has 2 fully saturated rings. The monoisotopic (exact) mass is 212 g/mol. The second-order valence-corrected chi connectivity index (χ2v) is 4.98. The van der Waals surface area contributed by atoms with Crippen LogP contribution in [0.25, 0.3) is 0 Å². The average molecular weight is 212 g/mol. The zero-order chi connectivity index (χ0) is 10.9. The number of nitrogens with zero attached hydrogens (tertiary/aromatic N) is 1.